The van der Waals surface area contributed by atoms with Crippen LogP contribution in [0.2, 0.25) is 0 Å². The molecule has 0 aliphatic heterocycles. The Bertz CT molecular complexity index is 1260. The molecule has 13 heteroatoms. The number of nitrogens with one attached hydrogen (secondary N) is 3. The summed E-state index contributed by atoms with van der Waals surface area (Å²) in [5, 5.41) is 35.9. The lowest BCUT2D eigenvalue weighted by molar-refractivity contribution is -0.159. The number of ether oxygens (including phenoxy) is 2. The molecule has 0 radical (unpaired) electrons. The van der Waals surface area contributed by atoms with E-state index < -0.39 is 53.6 Å². The van der Waals surface area contributed by atoms with Crippen LogP contribution in [0, 0.1) is 0 Å². The minimum Gasteiger partial charge on any atom is -0.508 e. The minimum absolute atomic E-state index is 0.0105. The Morgan fingerprint density at radius 1 is 0.773 bits per heavy atom. The number of hydrogen-bond acceptors (Lipinski definition) is 8. The zero-order valence-electron chi connectivity index (χ0n) is 25.3. The summed E-state index contributed by atoms with van der Waals surface area (Å²) in [5.74, 6) is -4.40. The SMILES string of the molecule is CCCCCNC(=O)[C@H](Cc1ccc(OC(C(=O)O)C(=O)O)cc1)NC(=O)[C@H](Cc1ccc(O)cc1)NC(=O)OC(C)(C)C. The van der Waals surface area contributed by atoms with Crippen LogP contribution in [0.3, 0.4) is 0 Å². The van der Waals surface area contributed by atoms with Crippen LogP contribution in [-0.4, -0.2) is 75.5 Å². The maximum atomic E-state index is 13.6. The van der Waals surface area contributed by atoms with E-state index in [-0.39, 0.29) is 24.3 Å². The molecule has 0 fully saturated rings. The molecule has 13 nitrogen and oxygen atoms in total. The lowest BCUT2D eigenvalue weighted by Gasteiger charge is -2.25. The molecule has 0 saturated carbocycles. The highest BCUT2D eigenvalue weighted by atomic mass is 16.6. The van der Waals surface area contributed by atoms with Crippen molar-refractivity contribution < 1.29 is 48.8 Å². The fourth-order valence-corrected chi connectivity index (χ4v) is 4.00. The van der Waals surface area contributed by atoms with Gasteiger partial charge in [-0.15, -0.1) is 0 Å². The van der Waals surface area contributed by atoms with Crippen molar-refractivity contribution in [3.05, 3.63) is 59.7 Å². The third kappa shape index (κ3) is 12.6. The van der Waals surface area contributed by atoms with E-state index in [1.54, 1.807) is 32.9 Å². The van der Waals surface area contributed by atoms with Gasteiger partial charge in [-0.3, -0.25) is 9.59 Å². The van der Waals surface area contributed by atoms with Gasteiger partial charge in [0.15, 0.2) is 0 Å². The Morgan fingerprint density at radius 3 is 1.80 bits per heavy atom. The summed E-state index contributed by atoms with van der Waals surface area (Å²) in [6.07, 6.45) is -0.265. The Labute approximate surface area is 255 Å². The monoisotopic (exact) mass is 615 g/mol. The van der Waals surface area contributed by atoms with Crippen LogP contribution in [0.25, 0.3) is 0 Å². The number of carboxylic acids is 2. The normalized spacial score (nSPS) is 12.5. The average molecular weight is 616 g/mol. The molecule has 240 valence electrons. The summed E-state index contributed by atoms with van der Waals surface area (Å²) in [6.45, 7) is 7.46. The Balaban J connectivity index is 2.27. The molecular weight excluding hydrogens is 574 g/mol. The van der Waals surface area contributed by atoms with Crippen LogP contribution in [0.4, 0.5) is 4.79 Å². The van der Waals surface area contributed by atoms with Gasteiger partial charge in [0, 0.05) is 19.4 Å². The van der Waals surface area contributed by atoms with Gasteiger partial charge in [0.05, 0.1) is 0 Å². The lowest BCUT2D eigenvalue weighted by atomic mass is 10.0. The molecule has 3 amide bonds. The molecule has 2 aromatic carbocycles. The fraction of sp³-hybridized carbons (Fsp3) is 0.452. The van der Waals surface area contributed by atoms with Crippen LogP contribution >= 0.6 is 0 Å². The lowest BCUT2D eigenvalue weighted by Crippen LogP contribution is -2.55. The molecule has 6 N–H and O–H groups in total. The molecule has 2 atom stereocenters. The highest BCUT2D eigenvalue weighted by molar-refractivity contribution is 5.96. The third-order valence-electron chi connectivity index (χ3n) is 6.16. The highest BCUT2D eigenvalue weighted by Gasteiger charge is 2.30. The number of rotatable bonds is 16. The molecule has 2 rings (SSSR count). The van der Waals surface area contributed by atoms with Crippen molar-refractivity contribution in [2.24, 2.45) is 0 Å². The summed E-state index contributed by atoms with van der Waals surface area (Å²) in [7, 11) is 0. The van der Waals surface area contributed by atoms with Gasteiger partial charge in [0.25, 0.3) is 6.10 Å². The van der Waals surface area contributed by atoms with Crippen molar-refractivity contribution >= 4 is 29.8 Å². The molecule has 0 aliphatic rings. The van der Waals surface area contributed by atoms with E-state index in [0.29, 0.717) is 17.7 Å². The molecule has 0 spiro atoms. The minimum atomic E-state index is -2.09. The third-order valence-corrected chi connectivity index (χ3v) is 6.16. The number of phenols is 1. The van der Waals surface area contributed by atoms with Crippen molar-refractivity contribution in [1.82, 2.24) is 16.0 Å². The van der Waals surface area contributed by atoms with Crippen LogP contribution in [0.5, 0.6) is 11.5 Å². The number of carboxylic acid groups (broad SMARTS) is 2. The Kier molecular flexibility index (Phi) is 13.5. The number of carbonyl (C=O) groups is 5. The van der Waals surface area contributed by atoms with Crippen LogP contribution in [0.1, 0.15) is 58.1 Å². The van der Waals surface area contributed by atoms with Crippen LogP contribution in [-0.2, 0) is 36.8 Å². The zero-order valence-corrected chi connectivity index (χ0v) is 25.3. The largest absolute Gasteiger partial charge is 0.508 e. The number of benzene rings is 2. The summed E-state index contributed by atoms with van der Waals surface area (Å²) < 4.78 is 10.4. The number of phenolic OH excluding ortho intramolecular Hbond substituents is 1. The quantitative estimate of drug-likeness (QED) is 0.120. The van der Waals surface area contributed by atoms with Gasteiger partial charge in [0.1, 0.15) is 29.2 Å². The van der Waals surface area contributed by atoms with Gasteiger partial charge >= 0.3 is 18.0 Å². The van der Waals surface area contributed by atoms with E-state index in [9.17, 15) is 29.1 Å². The predicted octanol–water partition coefficient (Wildman–Crippen LogP) is 2.78. The van der Waals surface area contributed by atoms with Gasteiger partial charge in [-0.1, -0.05) is 44.0 Å². The fourth-order valence-electron chi connectivity index (χ4n) is 4.00. The Morgan fingerprint density at radius 2 is 1.30 bits per heavy atom. The van der Waals surface area contributed by atoms with Gasteiger partial charge in [0.2, 0.25) is 11.8 Å². The second-order valence-electron chi connectivity index (χ2n) is 11.2. The summed E-state index contributed by atoms with van der Waals surface area (Å²) >= 11 is 0. The number of hydrogen-bond donors (Lipinski definition) is 6. The first-order valence-electron chi connectivity index (χ1n) is 14.2. The first-order chi connectivity index (χ1) is 20.7. The molecule has 0 aromatic heterocycles. The van der Waals surface area contributed by atoms with Gasteiger partial charge in [-0.25, -0.2) is 14.4 Å². The second kappa shape index (κ2) is 16.7. The summed E-state index contributed by atoms with van der Waals surface area (Å²) in [5.41, 5.74) is 0.370. The molecule has 2 aromatic rings. The predicted molar refractivity (Wildman–Crippen MR) is 159 cm³/mol. The zero-order chi connectivity index (χ0) is 32.9. The van der Waals surface area contributed by atoms with E-state index in [2.05, 4.69) is 16.0 Å². The molecule has 0 bridgehead atoms. The van der Waals surface area contributed by atoms with Crippen LogP contribution < -0.4 is 20.7 Å². The van der Waals surface area contributed by atoms with E-state index in [1.807, 2.05) is 6.92 Å². The molecule has 0 heterocycles. The first kappa shape index (κ1) is 35.4. The van der Waals surface area contributed by atoms with E-state index in [0.717, 1.165) is 19.3 Å². The molecule has 44 heavy (non-hydrogen) atoms. The maximum absolute atomic E-state index is 13.6. The number of unbranched alkanes of at least 4 members (excludes halogenated alkanes) is 2. The van der Waals surface area contributed by atoms with Gasteiger partial charge < -0.3 is 40.7 Å². The average Bonchev–Trinajstić information content (AvgIpc) is 2.93. The molecular formula is C31H41N3O10. The standard InChI is InChI=1S/C31H41N3O10/c1-5-6-7-16-32-26(36)23(17-20-10-14-22(15-11-20)43-25(28(38)39)29(40)41)33-27(37)24(34-30(42)44-31(2,3)4)18-19-8-12-21(35)13-9-19/h8-15,23-25,35H,5-7,16-18H2,1-4H3,(H,32,36)(H,33,37)(H,34,42)(H,38,39)(H,40,41)/t23-,24-/m0/s1. The number of alkyl carbamates (subject to hydrolysis) is 1. The summed E-state index contributed by atoms with van der Waals surface area (Å²) in [4.78, 5) is 61.7. The van der Waals surface area contributed by atoms with Crippen molar-refractivity contribution in [1.29, 1.82) is 0 Å². The van der Waals surface area contributed by atoms with Gasteiger partial charge in [-0.2, -0.15) is 0 Å². The van der Waals surface area contributed by atoms with E-state index >= 15 is 0 Å². The van der Waals surface area contributed by atoms with Crippen molar-refractivity contribution in [2.75, 3.05) is 6.54 Å². The number of aromatic hydroxyl groups is 1. The van der Waals surface area contributed by atoms with Gasteiger partial charge in [-0.05, 0) is 62.6 Å². The van der Waals surface area contributed by atoms with Crippen molar-refractivity contribution in [3.63, 3.8) is 0 Å². The first-order valence-corrected chi connectivity index (χ1v) is 14.2. The Hall–Kier alpha value is -4.81. The molecule has 0 saturated heterocycles. The van der Waals surface area contributed by atoms with Crippen molar-refractivity contribution in [3.8, 4) is 11.5 Å². The number of amides is 3. The van der Waals surface area contributed by atoms with Crippen LogP contribution in [0.15, 0.2) is 48.5 Å². The smallest absolute Gasteiger partial charge is 0.408 e. The highest BCUT2D eigenvalue weighted by Crippen LogP contribution is 2.17. The topological polar surface area (TPSA) is 201 Å². The number of carbonyl (C=O) groups excluding carboxylic acids is 3. The van der Waals surface area contributed by atoms with E-state index in [4.69, 9.17) is 19.7 Å². The molecule has 0 aliphatic carbocycles. The second-order valence-corrected chi connectivity index (χ2v) is 11.2. The van der Waals surface area contributed by atoms with Crippen molar-refractivity contribution in [2.45, 2.75) is 83.6 Å². The molecule has 0 unspecified atom stereocenters. The summed E-state index contributed by atoms with van der Waals surface area (Å²) in [6, 6.07) is 9.68. The number of aliphatic carboxylic acids is 2. The van der Waals surface area contributed by atoms with E-state index in [1.165, 1.54) is 36.4 Å². The maximum Gasteiger partial charge on any atom is 0.408 e.